The number of fused-ring (bicyclic) bond motifs is 1. The van der Waals surface area contributed by atoms with Crippen molar-refractivity contribution in [3.8, 4) is 28.6 Å². The van der Waals surface area contributed by atoms with Crippen molar-refractivity contribution in [1.82, 2.24) is 20.0 Å². The Bertz CT molecular complexity index is 1160. The lowest BCUT2D eigenvalue weighted by Gasteiger charge is -2.08. The summed E-state index contributed by atoms with van der Waals surface area (Å²) in [4.78, 5) is 4.61. The molecule has 0 saturated carbocycles. The fraction of sp³-hybridized carbons (Fsp3) is 0.190. The lowest BCUT2D eigenvalue weighted by molar-refractivity contribution is 0.0705. The summed E-state index contributed by atoms with van der Waals surface area (Å²) >= 11 is 0. The quantitative estimate of drug-likeness (QED) is 0.431. The molecule has 2 N–H and O–H groups in total. The number of phenolic OH excluding ortho intramolecular Hbond substituents is 1. The Balaban J connectivity index is 1.50. The maximum absolute atomic E-state index is 13.6. The van der Waals surface area contributed by atoms with Gasteiger partial charge in [-0.1, -0.05) is 11.3 Å². The van der Waals surface area contributed by atoms with Gasteiger partial charge in [-0.25, -0.2) is 14.1 Å². The monoisotopic (exact) mass is 410 g/mol. The molecule has 154 valence electrons. The Labute approximate surface area is 171 Å². The minimum atomic E-state index is -0.730. The predicted octanol–water partition coefficient (Wildman–Crippen LogP) is 2.71. The zero-order valence-corrected chi connectivity index (χ0v) is 15.9. The van der Waals surface area contributed by atoms with E-state index in [1.54, 1.807) is 12.3 Å². The summed E-state index contributed by atoms with van der Waals surface area (Å²) in [5.41, 5.74) is 2.36. The van der Waals surface area contributed by atoms with Gasteiger partial charge in [0.15, 0.2) is 11.6 Å². The second kappa shape index (κ2) is 8.85. The molecule has 4 rings (SSSR count). The van der Waals surface area contributed by atoms with E-state index in [2.05, 4.69) is 15.3 Å². The first-order valence-electron chi connectivity index (χ1n) is 9.28. The van der Waals surface area contributed by atoms with Crippen LogP contribution >= 0.6 is 0 Å². The molecule has 0 aliphatic rings. The smallest absolute Gasteiger partial charge is 0.166 e. The summed E-state index contributed by atoms with van der Waals surface area (Å²) in [6, 6.07) is 13.3. The van der Waals surface area contributed by atoms with Crippen molar-refractivity contribution in [3.05, 3.63) is 60.5 Å². The zero-order chi connectivity index (χ0) is 20.9. The van der Waals surface area contributed by atoms with Crippen LogP contribution in [0.3, 0.4) is 0 Å². The van der Waals surface area contributed by atoms with Gasteiger partial charge in [0.1, 0.15) is 18.1 Å². The third-order valence-electron chi connectivity index (χ3n) is 4.34. The lowest BCUT2D eigenvalue weighted by Crippen LogP contribution is -2.09. The van der Waals surface area contributed by atoms with E-state index in [0.29, 0.717) is 42.6 Å². The molecule has 0 aliphatic carbocycles. The van der Waals surface area contributed by atoms with Gasteiger partial charge in [0.05, 0.1) is 42.9 Å². The standard InChI is InChI=1S/C21H19FN4O4/c22-17-12-15(2-6-21(17)28)26-13-20(24-25-26)19-4-1-14-11-16(3-5-18(14)23-19)30-10-9-29-8-7-27/h1-6,11-13,27-28H,7-10H2. The van der Waals surface area contributed by atoms with E-state index < -0.39 is 11.6 Å². The number of hydrogen-bond donors (Lipinski definition) is 2. The van der Waals surface area contributed by atoms with Gasteiger partial charge >= 0.3 is 0 Å². The Morgan fingerprint density at radius 1 is 0.967 bits per heavy atom. The molecular weight excluding hydrogens is 391 g/mol. The number of phenols is 1. The van der Waals surface area contributed by atoms with Crippen molar-refractivity contribution in [2.75, 3.05) is 26.4 Å². The molecule has 0 spiro atoms. The van der Waals surface area contributed by atoms with E-state index in [0.717, 1.165) is 10.9 Å². The molecule has 4 aromatic rings. The first kappa shape index (κ1) is 19.7. The molecule has 2 heterocycles. The Kier molecular flexibility index (Phi) is 5.82. The summed E-state index contributed by atoms with van der Waals surface area (Å²) in [5, 5.41) is 27.0. The largest absolute Gasteiger partial charge is 0.505 e. The van der Waals surface area contributed by atoms with Crippen molar-refractivity contribution in [2.45, 2.75) is 0 Å². The van der Waals surface area contributed by atoms with Crippen molar-refractivity contribution in [3.63, 3.8) is 0 Å². The van der Waals surface area contributed by atoms with Crippen molar-refractivity contribution in [1.29, 1.82) is 0 Å². The second-order valence-electron chi connectivity index (χ2n) is 6.42. The molecule has 0 bridgehead atoms. The second-order valence-corrected chi connectivity index (χ2v) is 6.42. The summed E-state index contributed by atoms with van der Waals surface area (Å²) in [6.07, 6.45) is 1.64. The highest BCUT2D eigenvalue weighted by Crippen LogP contribution is 2.24. The summed E-state index contributed by atoms with van der Waals surface area (Å²) in [5.74, 6) is -0.451. The molecular formula is C21H19FN4O4. The molecule has 2 aromatic heterocycles. The van der Waals surface area contributed by atoms with E-state index >= 15 is 0 Å². The number of halogens is 1. The average Bonchev–Trinajstić information content (AvgIpc) is 3.25. The predicted molar refractivity (Wildman–Crippen MR) is 107 cm³/mol. The molecule has 0 amide bonds. The van der Waals surface area contributed by atoms with E-state index in [1.165, 1.54) is 16.8 Å². The highest BCUT2D eigenvalue weighted by atomic mass is 19.1. The number of aliphatic hydroxyl groups excluding tert-OH is 1. The normalized spacial score (nSPS) is 11.1. The van der Waals surface area contributed by atoms with Crippen LogP contribution in [0, 0.1) is 5.82 Å². The van der Waals surface area contributed by atoms with Crippen LogP contribution in [-0.2, 0) is 4.74 Å². The van der Waals surface area contributed by atoms with Crippen LogP contribution in [0.4, 0.5) is 4.39 Å². The van der Waals surface area contributed by atoms with Gasteiger partial charge in [0.2, 0.25) is 0 Å². The van der Waals surface area contributed by atoms with Gasteiger partial charge in [-0.2, -0.15) is 0 Å². The lowest BCUT2D eigenvalue weighted by atomic mass is 10.2. The summed E-state index contributed by atoms with van der Waals surface area (Å²) in [7, 11) is 0. The van der Waals surface area contributed by atoms with Crippen LogP contribution in [-0.4, -0.2) is 56.6 Å². The van der Waals surface area contributed by atoms with E-state index in [9.17, 15) is 9.50 Å². The summed E-state index contributed by atoms with van der Waals surface area (Å²) < 4.78 is 25.8. The number of rotatable bonds is 8. The molecule has 0 radical (unpaired) electrons. The number of benzene rings is 2. The number of nitrogens with zero attached hydrogens (tertiary/aromatic N) is 4. The average molecular weight is 410 g/mol. The molecule has 30 heavy (non-hydrogen) atoms. The topological polar surface area (TPSA) is 103 Å². The maximum atomic E-state index is 13.6. The van der Waals surface area contributed by atoms with Gasteiger partial charge in [-0.3, -0.25) is 0 Å². The van der Waals surface area contributed by atoms with E-state index in [4.69, 9.17) is 14.6 Å². The van der Waals surface area contributed by atoms with E-state index in [1.807, 2.05) is 30.3 Å². The fourth-order valence-corrected chi connectivity index (χ4v) is 2.87. The first-order chi connectivity index (χ1) is 14.6. The zero-order valence-electron chi connectivity index (χ0n) is 15.9. The van der Waals surface area contributed by atoms with Gasteiger partial charge in [0.25, 0.3) is 0 Å². The SMILES string of the molecule is OCCOCCOc1ccc2nc(-c3cn(-c4ccc(O)c(F)c4)nn3)ccc2c1. The van der Waals surface area contributed by atoms with Crippen LogP contribution < -0.4 is 4.74 Å². The van der Waals surface area contributed by atoms with Crippen LogP contribution in [0.25, 0.3) is 28.0 Å². The van der Waals surface area contributed by atoms with E-state index in [-0.39, 0.29) is 6.61 Å². The molecule has 0 unspecified atom stereocenters. The number of aromatic nitrogens is 4. The van der Waals surface area contributed by atoms with Gasteiger partial charge in [0, 0.05) is 11.5 Å². The number of ether oxygens (including phenoxy) is 2. The van der Waals surface area contributed by atoms with Crippen molar-refractivity contribution >= 4 is 10.9 Å². The van der Waals surface area contributed by atoms with Crippen LogP contribution in [0.1, 0.15) is 0 Å². The molecule has 2 aromatic carbocycles. The summed E-state index contributed by atoms with van der Waals surface area (Å²) in [6.45, 7) is 1.07. The van der Waals surface area contributed by atoms with Crippen LogP contribution in [0.15, 0.2) is 54.7 Å². The molecule has 9 heteroatoms. The molecule has 8 nitrogen and oxygen atoms in total. The van der Waals surface area contributed by atoms with Crippen molar-refractivity contribution in [2.24, 2.45) is 0 Å². The minimum absolute atomic E-state index is 0.0104. The number of aromatic hydroxyl groups is 1. The minimum Gasteiger partial charge on any atom is -0.505 e. The molecule has 0 saturated heterocycles. The highest BCUT2D eigenvalue weighted by Gasteiger charge is 2.10. The highest BCUT2D eigenvalue weighted by molar-refractivity contribution is 5.82. The molecule has 0 aliphatic heterocycles. The first-order valence-corrected chi connectivity index (χ1v) is 9.28. The molecule has 0 fully saturated rings. The van der Waals surface area contributed by atoms with Crippen LogP contribution in [0.2, 0.25) is 0 Å². The van der Waals surface area contributed by atoms with Crippen LogP contribution in [0.5, 0.6) is 11.5 Å². The number of hydrogen-bond acceptors (Lipinski definition) is 7. The number of aliphatic hydroxyl groups is 1. The third kappa shape index (κ3) is 4.37. The Morgan fingerprint density at radius 3 is 2.70 bits per heavy atom. The van der Waals surface area contributed by atoms with Gasteiger partial charge in [-0.05, 0) is 36.4 Å². The maximum Gasteiger partial charge on any atom is 0.166 e. The van der Waals surface area contributed by atoms with Gasteiger partial charge in [-0.15, -0.1) is 5.10 Å². The third-order valence-corrected chi connectivity index (χ3v) is 4.34. The number of pyridine rings is 1. The van der Waals surface area contributed by atoms with Gasteiger partial charge < -0.3 is 19.7 Å². The van der Waals surface area contributed by atoms with Crippen molar-refractivity contribution < 1.29 is 24.1 Å². The Morgan fingerprint density at radius 2 is 1.87 bits per heavy atom. The molecule has 0 atom stereocenters. The Hall–Kier alpha value is -3.56. The fourth-order valence-electron chi connectivity index (χ4n) is 2.87.